The summed E-state index contributed by atoms with van der Waals surface area (Å²) in [7, 11) is 0. The lowest BCUT2D eigenvalue weighted by molar-refractivity contribution is 0.0115. The Bertz CT molecular complexity index is 791. The second kappa shape index (κ2) is 8.92. The van der Waals surface area contributed by atoms with Crippen LogP contribution in [-0.4, -0.2) is 72.5 Å². The van der Waals surface area contributed by atoms with Gasteiger partial charge in [-0.25, -0.2) is 9.78 Å². The van der Waals surface area contributed by atoms with Gasteiger partial charge in [-0.05, 0) is 37.5 Å². The van der Waals surface area contributed by atoms with Crippen LogP contribution in [0, 0.1) is 0 Å². The number of morpholine rings is 1. The van der Waals surface area contributed by atoms with E-state index in [0.717, 1.165) is 63.3 Å². The van der Waals surface area contributed by atoms with Crippen LogP contribution in [0.3, 0.4) is 0 Å². The molecule has 1 amide bonds. The van der Waals surface area contributed by atoms with Crippen LogP contribution in [0.2, 0.25) is 0 Å². The molecule has 2 saturated heterocycles. The third kappa shape index (κ3) is 4.15. The van der Waals surface area contributed by atoms with Crippen molar-refractivity contribution in [3.8, 4) is 0 Å². The third-order valence-corrected chi connectivity index (χ3v) is 5.95. The van der Waals surface area contributed by atoms with Crippen LogP contribution in [0.1, 0.15) is 32.6 Å². The molecule has 0 atom stereocenters. The van der Waals surface area contributed by atoms with Gasteiger partial charge >= 0.3 is 6.03 Å². The van der Waals surface area contributed by atoms with E-state index in [1.165, 1.54) is 18.5 Å². The van der Waals surface area contributed by atoms with Crippen LogP contribution in [0.25, 0.3) is 11.0 Å². The number of ether oxygens (including phenoxy) is 1. The highest BCUT2D eigenvalue weighted by Gasteiger charge is 2.26. The number of carbonyl (C=O) groups excluding carboxylic acids is 1. The molecule has 2 aliphatic rings. The Balaban J connectivity index is 1.39. The zero-order valence-electron chi connectivity index (χ0n) is 16.8. The molecule has 0 unspecified atom stereocenters. The summed E-state index contributed by atoms with van der Waals surface area (Å²) in [5.74, 6) is 0. The molecule has 0 saturated carbocycles. The molecule has 2 aliphatic heterocycles. The molecular weight excluding hydrogens is 354 g/mol. The third-order valence-electron chi connectivity index (χ3n) is 5.95. The van der Waals surface area contributed by atoms with E-state index in [4.69, 9.17) is 4.74 Å². The molecule has 0 bridgehead atoms. The first-order chi connectivity index (χ1) is 13.8. The van der Waals surface area contributed by atoms with Crippen molar-refractivity contribution in [3.63, 3.8) is 0 Å². The average molecular weight is 386 g/mol. The first-order valence-corrected chi connectivity index (χ1v) is 10.6. The Labute approximate surface area is 166 Å². The second-order valence-corrected chi connectivity index (χ2v) is 7.74. The Morgan fingerprint density at radius 2 is 2.00 bits per heavy atom. The number of unbranched alkanes of at least 4 members (excludes halogenated alkanes) is 1. The Morgan fingerprint density at radius 3 is 2.75 bits per heavy atom. The quantitative estimate of drug-likeness (QED) is 0.802. The van der Waals surface area contributed by atoms with Crippen molar-refractivity contribution in [1.29, 1.82) is 0 Å². The summed E-state index contributed by atoms with van der Waals surface area (Å²) in [6.45, 7) is 8.80. The van der Waals surface area contributed by atoms with Gasteiger partial charge in [0.1, 0.15) is 6.33 Å². The lowest BCUT2D eigenvalue weighted by Crippen LogP contribution is -2.49. The fraction of sp³-hybridized carbons (Fsp3) is 0.619. The van der Waals surface area contributed by atoms with Crippen LogP contribution in [0.5, 0.6) is 0 Å². The number of nitrogens with zero attached hydrogens (tertiary/aromatic N) is 4. The molecule has 1 N–H and O–H groups in total. The van der Waals surface area contributed by atoms with Gasteiger partial charge in [0.2, 0.25) is 0 Å². The highest BCUT2D eigenvalue weighted by Crippen LogP contribution is 2.26. The predicted octanol–water partition coefficient (Wildman–Crippen LogP) is 2.70. The predicted molar refractivity (Wildman–Crippen MR) is 111 cm³/mol. The van der Waals surface area contributed by atoms with Crippen molar-refractivity contribution in [2.24, 2.45) is 0 Å². The number of benzene rings is 1. The monoisotopic (exact) mass is 385 g/mol. The summed E-state index contributed by atoms with van der Waals surface area (Å²) in [6.07, 6.45) is 6.05. The highest BCUT2D eigenvalue weighted by molar-refractivity contribution is 5.90. The van der Waals surface area contributed by atoms with Gasteiger partial charge in [-0.15, -0.1) is 0 Å². The van der Waals surface area contributed by atoms with Crippen LogP contribution >= 0.6 is 0 Å². The number of carbonyl (C=O) groups is 1. The molecule has 7 heteroatoms. The lowest BCUT2D eigenvalue weighted by atomic mass is 10.0. The summed E-state index contributed by atoms with van der Waals surface area (Å²) < 4.78 is 7.09. The van der Waals surface area contributed by atoms with Gasteiger partial charge in [-0.2, -0.15) is 0 Å². The molecule has 1 aromatic heterocycles. The number of fused-ring (bicyclic) bond motifs is 1. The van der Waals surface area contributed by atoms with Crippen LogP contribution in [-0.2, 0) is 4.74 Å². The van der Waals surface area contributed by atoms with Crippen LogP contribution in [0.15, 0.2) is 24.5 Å². The molecular formula is C21H31N5O2. The molecule has 3 heterocycles. The van der Waals surface area contributed by atoms with Gasteiger partial charge in [0.15, 0.2) is 0 Å². The minimum Gasteiger partial charge on any atom is -0.379 e. The van der Waals surface area contributed by atoms with Crippen molar-refractivity contribution < 1.29 is 9.53 Å². The summed E-state index contributed by atoms with van der Waals surface area (Å²) in [5.41, 5.74) is 2.93. The van der Waals surface area contributed by atoms with Crippen molar-refractivity contribution in [1.82, 2.24) is 19.8 Å². The topological polar surface area (TPSA) is 62.6 Å². The lowest BCUT2D eigenvalue weighted by Gasteiger charge is -2.40. The smallest absolute Gasteiger partial charge is 0.327 e. The number of anilines is 1. The summed E-state index contributed by atoms with van der Waals surface area (Å²) in [6, 6.07) is 6.82. The molecule has 1 aromatic carbocycles. The Kier molecular flexibility index (Phi) is 6.12. The number of hydrogen-bond donors (Lipinski definition) is 1. The van der Waals surface area contributed by atoms with Gasteiger partial charge in [0.05, 0.1) is 24.2 Å². The van der Waals surface area contributed by atoms with E-state index in [1.54, 1.807) is 10.9 Å². The second-order valence-electron chi connectivity index (χ2n) is 7.74. The molecule has 0 spiro atoms. The standard InChI is InChI=1S/C21H31N5O2/c1-2-3-8-22-21(27)26-16-23-19-15-18(4-5-20(19)26)24-9-6-17(7-10-24)25-11-13-28-14-12-25/h4-5,15-17H,2-3,6-14H2,1H3,(H,22,27). The van der Waals surface area contributed by atoms with Crippen LogP contribution < -0.4 is 10.2 Å². The van der Waals surface area contributed by atoms with Crippen molar-refractivity contribution in [2.75, 3.05) is 50.8 Å². The SMILES string of the molecule is CCCCNC(=O)n1cnc2cc(N3CCC(N4CCOCC4)CC3)ccc21. The first-order valence-electron chi connectivity index (χ1n) is 10.6. The molecule has 152 valence electrons. The van der Waals surface area contributed by atoms with Crippen LogP contribution in [0.4, 0.5) is 10.5 Å². The Hall–Kier alpha value is -2.12. The Morgan fingerprint density at radius 1 is 1.21 bits per heavy atom. The van der Waals surface area contributed by atoms with Gasteiger partial charge in [-0.1, -0.05) is 13.3 Å². The van der Waals surface area contributed by atoms with E-state index in [2.05, 4.69) is 39.2 Å². The highest BCUT2D eigenvalue weighted by atomic mass is 16.5. The minimum absolute atomic E-state index is 0.102. The number of hydrogen-bond acceptors (Lipinski definition) is 5. The van der Waals surface area contributed by atoms with Crippen molar-refractivity contribution in [3.05, 3.63) is 24.5 Å². The molecule has 4 rings (SSSR count). The van der Waals surface area contributed by atoms with E-state index in [1.807, 2.05) is 6.07 Å². The molecule has 2 aromatic rings. The molecule has 0 radical (unpaired) electrons. The van der Waals surface area contributed by atoms with E-state index in [-0.39, 0.29) is 6.03 Å². The van der Waals surface area contributed by atoms with Gasteiger partial charge in [-0.3, -0.25) is 9.47 Å². The van der Waals surface area contributed by atoms with E-state index in [9.17, 15) is 4.79 Å². The molecule has 2 fully saturated rings. The first kappa shape index (κ1) is 19.2. The average Bonchev–Trinajstić information content (AvgIpc) is 3.18. The fourth-order valence-electron chi connectivity index (χ4n) is 4.25. The maximum Gasteiger partial charge on any atom is 0.327 e. The molecule has 28 heavy (non-hydrogen) atoms. The molecule has 7 nitrogen and oxygen atoms in total. The fourth-order valence-corrected chi connectivity index (χ4v) is 4.25. The summed E-state index contributed by atoms with van der Waals surface area (Å²) >= 11 is 0. The normalized spacial score (nSPS) is 19.2. The van der Waals surface area contributed by atoms with Crippen molar-refractivity contribution >= 4 is 22.8 Å². The maximum atomic E-state index is 12.4. The number of piperidine rings is 1. The van der Waals surface area contributed by atoms with E-state index < -0.39 is 0 Å². The van der Waals surface area contributed by atoms with E-state index >= 15 is 0 Å². The molecule has 0 aliphatic carbocycles. The summed E-state index contributed by atoms with van der Waals surface area (Å²) in [4.78, 5) is 21.8. The van der Waals surface area contributed by atoms with Gasteiger partial charge < -0.3 is 15.0 Å². The van der Waals surface area contributed by atoms with Crippen molar-refractivity contribution in [2.45, 2.75) is 38.6 Å². The number of nitrogens with one attached hydrogen (secondary N) is 1. The van der Waals surface area contributed by atoms with Gasteiger partial charge in [0.25, 0.3) is 0 Å². The summed E-state index contributed by atoms with van der Waals surface area (Å²) in [5, 5.41) is 2.95. The van der Waals surface area contributed by atoms with Gasteiger partial charge in [0, 0.05) is 44.5 Å². The minimum atomic E-state index is -0.102. The number of aromatic nitrogens is 2. The zero-order valence-corrected chi connectivity index (χ0v) is 16.8. The largest absolute Gasteiger partial charge is 0.379 e. The number of rotatable bonds is 5. The maximum absolute atomic E-state index is 12.4. The number of imidazole rings is 1. The van der Waals surface area contributed by atoms with E-state index in [0.29, 0.717) is 12.6 Å². The zero-order chi connectivity index (χ0) is 19.3. The number of amides is 1.